The highest BCUT2D eigenvalue weighted by Crippen LogP contribution is 2.31. The number of carbonyl (C=O) groups is 3. The lowest BCUT2D eigenvalue weighted by atomic mass is 10.0. The fourth-order valence-corrected chi connectivity index (χ4v) is 3.39. The summed E-state index contributed by atoms with van der Waals surface area (Å²) >= 11 is 0. The van der Waals surface area contributed by atoms with Crippen molar-refractivity contribution >= 4 is 34.8 Å². The van der Waals surface area contributed by atoms with Crippen LogP contribution in [0, 0.1) is 0 Å². The summed E-state index contributed by atoms with van der Waals surface area (Å²) in [5.74, 6) is -0.245. The van der Waals surface area contributed by atoms with Crippen molar-refractivity contribution in [3.63, 3.8) is 0 Å². The molecule has 1 aliphatic rings. The van der Waals surface area contributed by atoms with Crippen molar-refractivity contribution < 1.29 is 28.3 Å². The summed E-state index contributed by atoms with van der Waals surface area (Å²) in [5, 5.41) is 4.49. The average Bonchev–Trinajstić information content (AvgIpc) is 3.35. The first-order valence-electron chi connectivity index (χ1n) is 9.68. The van der Waals surface area contributed by atoms with E-state index in [1.165, 1.54) is 19.2 Å². The number of esters is 1. The minimum atomic E-state index is -0.636. The van der Waals surface area contributed by atoms with Gasteiger partial charge >= 0.3 is 12.0 Å². The fraction of sp³-hybridized carbons (Fsp3) is 0.174. The van der Waals surface area contributed by atoms with Gasteiger partial charge in [-0.05, 0) is 42.0 Å². The number of fused-ring (bicyclic) bond motifs is 1. The summed E-state index contributed by atoms with van der Waals surface area (Å²) in [6, 6.07) is 13.9. The van der Waals surface area contributed by atoms with E-state index in [4.69, 9.17) is 9.15 Å². The van der Waals surface area contributed by atoms with E-state index in [0.29, 0.717) is 17.9 Å². The van der Waals surface area contributed by atoms with Gasteiger partial charge in [0.25, 0.3) is 5.91 Å². The SMILES string of the molecule is CCOc1ccc2ccccc2c1C=C1NC(=O)N(Cc2ccc(C(=O)OC)o2)C1=O. The second kappa shape index (κ2) is 8.35. The normalized spacial score (nSPS) is 14.9. The van der Waals surface area contributed by atoms with Gasteiger partial charge in [0.05, 0.1) is 20.3 Å². The number of furan rings is 1. The van der Waals surface area contributed by atoms with E-state index < -0.39 is 17.9 Å². The number of hydrogen-bond donors (Lipinski definition) is 1. The quantitative estimate of drug-likeness (QED) is 0.371. The lowest BCUT2D eigenvalue weighted by molar-refractivity contribution is -0.123. The minimum absolute atomic E-state index is 0.00238. The van der Waals surface area contributed by atoms with Gasteiger partial charge in [-0.3, -0.25) is 9.69 Å². The van der Waals surface area contributed by atoms with Gasteiger partial charge in [-0.25, -0.2) is 9.59 Å². The highest BCUT2D eigenvalue weighted by Gasteiger charge is 2.34. The molecule has 0 saturated carbocycles. The largest absolute Gasteiger partial charge is 0.493 e. The third-order valence-corrected chi connectivity index (χ3v) is 4.84. The fourth-order valence-electron chi connectivity index (χ4n) is 3.39. The Labute approximate surface area is 178 Å². The third kappa shape index (κ3) is 3.87. The third-order valence-electron chi connectivity index (χ3n) is 4.84. The number of nitrogens with one attached hydrogen (secondary N) is 1. The van der Waals surface area contributed by atoms with E-state index >= 15 is 0 Å². The number of imide groups is 1. The molecule has 1 saturated heterocycles. The molecular formula is C23H20N2O6. The summed E-state index contributed by atoms with van der Waals surface area (Å²) < 4.78 is 15.7. The first kappa shape index (κ1) is 20.2. The molecule has 3 aromatic rings. The minimum Gasteiger partial charge on any atom is -0.493 e. The lowest BCUT2D eigenvalue weighted by Crippen LogP contribution is -2.30. The summed E-state index contributed by atoms with van der Waals surface area (Å²) in [5.41, 5.74) is 0.832. The molecule has 0 radical (unpaired) electrons. The van der Waals surface area contributed by atoms with Gasteiger partial charge in [-0.1, -0.05) is 30.3 Å². The Kier molecular flexibility index (Phi) is 5.44. The zero-order chi connectivity index (χ0) is 22.0. The molecule has 0 unspecified atom stereocenters. The second-order valence-electron chi connectivity index (χ2n) is 6.77. The van der Waals surface area contributed by atoms with Gasteiger partial charge in [-0.2, -0.15) is 0 Å². The number of methoxy groups -OCH3 is 1. The van der Waals surface area contributed by atoms with Crippen LogP contribution in [0.5, 0.6) is 5.75 Å². The molecule has 4 rings (SSSR count). The van der Waals surface area contributed by atoms with Crippen molar-refractivity contribution in [1.82, 2.24) is 10.2 Å². The van der Waals surface area contributed by atoms with Crippen molar-refractivity contribution in [3.05, 3.63) is 71.3 Å². The van der Waals surface area contributed by atoms with Crippen LogP contribution in [0.1, 0.15) is 28.8 Å². The molecule has 1 aromatic heterocycles. The van der Waals surface area contributed by atoms with Gasteiger partial charge in [0, 0.05) is 5.56 Å². The first-order chi connectivity index (χ1) is 15.0. The molecule has 158 valence electrons. The Hall–Kier alpha value is -4.07. The molecule has 0 aliphatic carbocycles. The molecule has 0 spiro atoms. The summed E-state index contributed by atoms with van der Waals surface area (Å²) in [6.07, 6.45) is 1.62. The Morgan fingerprint density at radius 2 is 1.94 bits per heavy atom. The van der Waals surface area contributed by atoms with Crippen LogP contribution in [-0.4, -0.2) is 36.5 Å². The zero-order valence-electron chi connectivity index (χ0n) is 17.0. The maximum absolute atomic E-state index is 12.9. The average molecular weight is 420 g/mol. The van der Waals surface area contributed by atoms with Crippen LogP contribution in [0.4, 0.5) is 4.79 Å². The summed E-state index contributed by atoms with van der Waals surface area (Å²) in [7, 11) is 1.24. The maximum atomic E-state index is 12.9. The van der Waals surface area contributed by atoms with E-state index in [0.717, 1.165) is 15.7 Å². The number of ether oxygens (including phenoxy) is 2. The van der Waals surface area contributed by atoms with E-state index in [2.05, 4.69) is 10.1 Å². The zero-order valence-corrected chi connectivity index (χ0v) is 17.0. The standard InChI is InChI=1S/C23H20N2O6/c1-3-30-19-10-8-14-6-4-5-7-16(14)17(19)12-18-21(26)25(23(28)24-18)13-15-9-11-20(31-15)22(27)29-2/h4-12H,3,13H2,1-2H3,(H,24,28). The number of benzene rings is 2. The Morgan fingerprint density at radius 3 is 2.71 bits per heavy atom. The Morgan fingerprint density at radius 1 is 1.13 bits per heavy atom. The van der Waals surface area contributed by atoms with Crippen LogP contribution in [0.25, 0.3) is 16.8 Å². The van der Waals surface area contributed by atoms with Gasteiger partial charge in [0.15, 0.2) is 0 Å². The molecule has 0 bridgehead atoms. The number of amides is 3. The van der Waals surface area contributed by atoms with Crippen molar-refractivity contribution in [2.45, 2.75) is 13.5 Å². The molecule has 8 heteroatoms. The lowest BCUT2D eigenvalue weighted by Gasteiger charge is -2.11. The van der Waals surface area contributed by atoms with Crippen molar-refractivity contribution in [2.75, 3.05) is 13.7 Å². The monoisotopic (exact) mass is 420 g/mol. The van der Waals surface area contributed by atoms with E-state index in [1.54, 1.807) is 6.08 Å². The van der Waals surface area contributed by atoms with Crippen LogP contribution in [-0.2, 0) is 16.1 Å². The van der Waals surface area contributed by atoms with E-state index in [-0.39, 0.29) is 23.8 Å². The smallest absolute Gasteiger partial charge is 0.373 e. The van der Waals surface area contributed by atoms with Crippen molar-refractivity contribution in [3.8, 4) is 5.75 Å². The van der Waals surface area contributed by atoms with Gasteiger partial charge in [0.2, 0.25) is 5.76 Å². The van der Waals surface area contributed by atoms with Crippen LogP contribution < -0.4 is 10.1 Å². The maximum Gasteiger partial charge on any atom is 0.373 e. The van der Waals surface area contributed by atoms with Gasteiger partial charge in [-0.15, -0.1) is 0 Å². The Balaban J connectivity index is 1.65. The van der Waals surface area contributed by atoms with Crippen molar-refractivity contribution in [2.24, 2.45) is 0 Å². The van der Waals surface area contributed by atoms with Crippen LogP contribution in [0.3, 0.4) is 0 Å². The number of nitrogens with zero attached hydrogens (tertiary/aromatic N) is 1. The molecule has 31 heavy (non-hydrogen) atoms. The van der Waals surface area contributed by atoms with Crippen LogP contribution >= 0.6 is 0 Å². The van der Waals surface area contributed by atoms with Crippen molar-refractivity contribution in [1.29, 1.82) is 0 Å². The van der Waals surface area contributed by atoms with E-state index in [1.807, 2.05) is 43.3 Å². The molecule has 8 nitrogen and oxygen atoms in total. The Bertz CT molecular complexity index is 1210. The van der Waals surface area contributed by atoms with E-state index in [9.17, 15) is 14.4 Å². The van der Waals surface area contributed by atoms with Gasteiger partial charge in [0.1, 0.15) is 17.2 Å². The topological polar surface area (TPSA) is 98.1 Å². The second-order valence-corrected chi connectivity index (χ2v) is 6.77. The summed E-state index contributed by atoms with van der Waals surface area (Å²) in [6.45, 7) is 2.22. The molecule has 2 heterocycles. The molecule has 1 fully saturated rings. The number of urea groups is 1. The molecule has 1 aliphatic heterocycles. The highest BCUT2D eigenvalue weighted by atomic mass is 16.5. The molecular weight excluding hydrogens is 400 g/mol. The van der Waals surface area contributed by atoms with Gasteiger partial charge < -0.3 is 19.2 Å². The number of carbonyl (C=O) groups excluding carboxylic acids is 3. The first-order valence-corrected chi connectivity index (χ1v) is 9.68. The number of rotatable bonds is 6. The highest BCUT2D eigenvalue weighted by molar-refractivity contribution is 6.14. The summed E-state index contributed by atoms with van der Waals surface area (Å²) in [4.78, 5) is 37.9. The predicted molar refractivity (Wildman–Crippen MR) is 112 cm³/mol. The molecule has 3 amide bonds. The predicted octanol–water partition coefficient (Wildman–Crippen LogP) is 3.71. The van der Waals surface area contributed by atoms with Crippen LogP contribution in [0.15, 0.2) is 58.6 Å². The molecule has 0 atom stereocenters. The molecule has 2 aromatic carbocycles. The number of hydrogen-bond acceptors (Lipinski definition) is 6. The molecule has 1 N–H and O–H groups in total. The van der Waals surface area contributed by atoms with Crippen LogP contribution in [0.2, 0.25) is 0 Å².